The number of carbonyl (C=O) groups is 1. The second kappa shape index (κ2) is 7.91. The Bertz CT molecular complexity index is 787. The van der Waals surface area contributed by atoms with E-state index < -0.39 is 5.54 Å². The smallest absolute Gasteiger partial charge is 0.318 e. The summed E-state index contributed by atoms with van der Waals surface area (Å²) in [7, 11) is 0. The molecule has 0 bridgehead atoms. The van der Waals surface area contributed by atoms with Gasteiger partial charge < -0.3 is 19.7 Å². The molecule has 1 aliphatic rings. The van der Waals surface area contributed by atoms with E-state index in [2.05, 4.69) is 5.32 Å². The maximum Gasteiger partial charge on any atom is 0.318 e. The van der Waals surface area contributed by atoms with Crippen LogP contribution in [0.5, 0.6) is 11.5 Å². The molecule has 5 heteroatoms. The Hall–Kier alpha value is -2.69. The maximum atomic E-state index is 13.0. The van der Waals surface area contributed by atoms with Crippen LogP contribution in [-0.2, 0) is 12.1 Å². The molecule has 2 amide bonds. The van der Waals surface area contributed by atoms with Gasteiger partial charge in [-0.1, -0.05) is 36.4 Å². The Morgan fingerprint density at radius 3 is 2.41 bits per heavy atom. The summed E-state index contributed by atoms with van der Waals surface area (Å²) in [6.07, 6.45) is 0. The number of nitrogens with one attached hydrogen (secondary N) is 1. The van der Waals surface area contributed by atoms with Gasteiger partial charge in [-0.25, -0.2) is 4.79 Å². The first kappa shape index (κ1) is 19.1. The molecule has 0 aliphatic carbocycles. The van der Waals surface area contributed by atoms with Gasteiger partial charge in [0.15, 0.2) is 11.5 Å². The van der Waals surface area contributed by atoms with Gasteiger partial charge in [0.25, 0.3) is 0 Å². The molecule has 3 rings (SSSR count). The quantitative estimate of drug-likeness (QED) is 0.855. The molecular formula is C22H28N2O3. The van der Waals surface area contributed by atoms with E-state index in [1.54, 1.807) is 0 Å². The number of hydrogen-bond acceptors (Lipinski definition) is 3. The lowest BCUT2D eigenvalue weighted by molar-refractivity contribution is 0.167. The Labute approximate surface area is 161 Å². The van der Waals surface area contributed by atoms with Crippen molar-refractivity contribution in [3.8, 4) is 11.5 Å². The van der Waals surface area contributed by atoms with Crippen molar-refractivity contribution >= 4 is 6.03 Å². The third kappa shape index (κ3) is 4.54. The molecule has 0 fully saturated rings. The van der Waals surface area contributed by atoms with Gasteiger partial charge in [-0.3, -0.25) is 0 Å². The highest BCUT2D eigenvalue weighted by atomic mass is 16.6. The molecule has 0 saturated heterocycles. The molecule has 0 atom stereocenters. The van der Waals surface area contributed by atoms with Crippen molar-refractivity contribution in [3.05, 3.63) is 59.7 Å². The summed E-state index contributed by atoms with van der Waals surface area (Å²) in [5.41, 5.74) is 1.54. The first-order valence-corrected chi connectivity index (χ1v) is 9.39. The predicted molar refractivity (Wildman–Crippen MR) is 106 cm³/mol. The molecule has 1 heterocycles. The summed E-state index contributed by atoms with van der Waals surface area (Å²) in [5.74, 6) is 1.48. The SMILES string of the molecule is CC(C)N(Cc1ccccc1)C(=O)NC(C)(C)c1ccc2c(c1)OCCO2. The molecule has 2 aromatic rings. The lowest BCUT2D eigenvalue weighted by atomic mass is 9.94. The number of nitrogens with zero attached hydrogens (tertiary/aromatic N) is 1. The first-order valence-electron chi connectivity index (χ1n) is 9.39. The van der Waals surface area contributed by atoms with E-state index in [0.29, 0.717) is 19.8 Å². The molecule has 5 nitrogen and oxygen atoms in total. The normalized spacial score (nSPS) is 13.4. The lowest BCUT2D eigenvalue weighted by Crippen LogP contribution is -2.50. The Balaban J connectivity index is 1.75. The van der Waals surface area contributed by atoms with Crippen molar-refractivity contribution in [2.75, 3.05) is 13.2 Å². The van der Waals surface area contributed by atoms with Crippen molar-refractivity contribution in [1.82, 2.24) is 10.2 Å². The topological polar surface area (TPSA) is 50.8 Å². The molecule has 1 aliphatic heterocycles. The van der Waals surface area contributed by atoms with Crippen molar-refractivity contribution in [2.45, 2.75) is 45.8 Å². The van der Waals surface area contributed by atoms with Crippen LogP contribution in [0.15, 0.2) is 48.5 Å². The molecular weight excluding hydrogens is 340 g/mol. The standard InChI is InChI=1S/C22H28N2O3/c1-16(2)24(15-17-8-6-5-7-9-17)21(25)23-22(3,4)18-10-11-19-20(14-18)27-13-12-26-19/h5-11,14,16H,12-13,15H2,1-4H3,(H,23,25). The van der Waals surface area contributed by atoms with Gasteiger partial charge in [0.2, 0.25) is 0 Å². The summed E-state index contributed by atoms with van der Waals surface area (Å²) in [6, 6.07) is 15.9. The van der Waals surface area contributed by atoms with Crippen LogP contribution in [0.25, 0.3) is 0 Å². The second-order valence-corrected chi connectivity index (χ2v) is 7.62. The number of benzene rings is 2. The van der Waals surface area contributed by atoms with Gasteiger partial charge in [-0.15, -0.1) is 0 Å². The number of rotatable bonds is 5. The van der Waals surface area contributed by atoms with E-state index in [1.807, 2.05) is 81.1 Å². The molecule has 144 valence electrons. The minimum absolute atomic E-state index is 0.0845. The highest BCUT2D eigenvalue weighted by Gasteiger charge is 2.28. The predicted octanol–water partition coefficient (Wildman–Crippen LogP) is 4.31. The van der Waals surface area contributed by atoms with Gasteiger partial charge in [0.05, 0.1) is 5.54 Å². The maximum absolute atomic E-state index is 13.0. The zero-order valence-corrected chi connectivity index (χ0v) is 16.5. The van der Waals surface area contributed by atoms with Crippen molar-refractivity contribution in [3.63, 3.8) is 0 Å². The number of ether oxygens (including phenoxy) is 2. The van der Waals surface area contributed by atoms with Crippen LogP contribution in [0.3, 0.4) is 0 Å². The first-order chi connectivity index (χ1) is 12.9. The summed E-state index contributed by atoms with van der Waals surface area (Å²) in [5, 5.41) is 3.17. The van der Waals surface area contributed by atoms with E-state index >= 15 is 0 Å². The highest BCUT2D eigenvalue weighted by molar-refractivity contribution is 5.75. The summed E-state index contributed by atoms with van der Waals surface area (Å²) in [4.78, 5) is 14.9. The molecule has 0 unspecified atom stereocenters. The van der Waals surface area contributed by atoms with Crippen LogP contribution in [0.2, 0.25) is 0 Å². The minimum Gasteiger partial charge on any atom is -0.486 e. The third-order valence-corrected chi connectivity index (χ3v) is 4.76. The van der Waals surface area contributed by atoms with Gasteiger partial charge in [-0.05, 0) is 51.0 Å². The van der Waals surface area contributed by atoms with Gasteiger partial charge >= 0.3 is 6.03 Å². The number of carbonyl (C=O) groups excluding carboxylic acids is 1. The molecule has 0 aromatic heterocycles. The Morgan fingerprint density at radius 1 is 1.07 bits per heavy atom. The van der Waals surface area contributed by atoms with E-state index in [0.717, 1.165) is 22.6 Å². The molecule has 27 heavy (non-hydrogen) atoms. The zero-order valence-electron chi connectivity index (χ0n) is 16.5. The van der Waals surface area contributed by atoms with E-state index in [1.165, 1.54) is 0 Å². The average Bonchev–Trinajstić information content (AvgIpc) is 2.66. The molecule has 0 spiro atoms. The van der Waals surface area contributed by atoms with Crippen molar-refractivity contribution < 1.29 is 14.3 Å². The van der Waals surface area contributed by atoms with Crippen LogP contribution in [0, 0.1) is 0 Å². The number of amides is 2. The van der Waals surface area contributed by atoms with Crippen LogP contribution < -0.4 is 14.8 Å². The van der Waals surface area contributed by atoms with Crippen LogP contribution in [-0.4, -0.2) is 30.2 Å². The number of urea groups is 1. The average molecular weight is 368 g/mol. The fraction of sp³-hybridized carbons (Fsp3) is 0.409. The lowest BCUT2D eigenvalue weighted by Gasteiger charge is -2.34. The van der Waals surface area contributed by atoms with Gasteiger partial charge in [0.1, 0.15) is 13.2 Å². The van der Waals surface area contributed by atoms with Gasteiger partial charge in [-0.2, -0.15) is 0 Å². The molecule has 0 radical (unpaired) electrons. The monoisotopic (exact) mass is 368 g/mol. The van der Waals surface area contributed by atoms with E-state index in [-0.39, 0.29) is 12.1 Å². The largest absolute Gasteiger partial charge is 0.486 e. The van der Waals surface area contributed by atoms with Crippen LogP contribution in [0.4, 0.5) is 4.79 Å². The molecule has 2 aromatic carbocycles. The van der Waals surface area contributed by atoms with Crippen molar-refractivity contribution in [2.24, 2.45) is 0 Å². The fourth-order valence-corrected chi connectivity index (χ4v) is 3.11. The number of fused-ring (bicyclic) bond motifs is 1. The van der Waals surface area contributed by atoms with Gasteiger partial charge in [0, 0.05) is 12.6 Å². The summed E-state index contributed by atoms with van der Waals surface area (Å²) < 4.78 is 11.3. The van der Waals surface area contributed by atoms with E-state index in [4.69, 9.17) is 9.47 Å². The molecule has 0 saturated carbocycles. The number of hydrogen-bond donors (Lipinski definition) is 1. The third-order valence-electron chi connectivity index (χ3n) is 4.76. The minimum atomic E-state index is -0.545. The Morgan fingerprint density at radius 2 is 1.74 bits per heavy atom. The summed E-state index contributed by atoms with van der Waals surface area (Å²) >= 11 is 0. The fourth-order valence-electron chi connectivity index (χ4n) is 3.11. The summed E-state index contributed by atoms with van der Waals surface area (Å²) in [6.45, 7) is 9.73. The highest BCUT2D eigenvalue weighted by Crippen LogP contribution is 2.34. The van der Waals surface area contributed by atoms with E-state index in [9.17, 15) is 4.79 Å². The zero-order chi connectivity index (χ0) is 19.4. The Kier molecular flexibility index (Phi) is 5.59. The second-order valence-electron chi connectivity index (χ2n) is 7.62. The molecule has 1 N–H and O–H groups in total. The van der Waals surface area contributed by atoms with Crippen LogP contribution >= 0.6 is 0 Å². The van der Waals surface area contributed by atoms with Crippen molar-refractivity contribution in [1.29, 1.82) is 0 Å². The van der Waals surface area contributed by atoms with Crippen LogP contribution in [0.1, 0.15) is 38.8 Å².